The van der Waals surface area contributed by atoms with Gasteiger partial charge in [-0.3, -0.25) is 4.79 Å². The minimum Gasteiger partial charge on any atom is -0.356 e. The highest BCUT2D eigenvalue weighted by Gasteiger charge is 2.24. The minimum absolute atomic E-state index is 0.0426. The molecule has 1 amide bonds. The predicted molar refractivity (Wildman–Crippen MR) is 97.3 cm³/mol. The molecule has 4 nitrogen and oxygen atoms in total. The molecule has 3 rings (SSSR count). The molecule has 1 unspecified atom stereocenters. The predicted octanol–water partition coefficient (Wildman–Crippen LogP) is 3.52. The number of halogens is 2. The molecule has 2 heterocycles. The lowest BCUT2D eigenvalue weighted by molar-refractivity contribution is 0.0802. The Morgan fingerprint density at radius 2 is 2.00 bits per heavy atom. The molecule has 138 valence electrons. The maximum atomic E-state index is 13.3. The number of rotatable bonds is 5. The summed E-state index contributed by atoms with van der Waals surface area (Å²) in [5, 5.41) is 0. The van der Waals surface area contributed by atoms with E-state index in [0.717, 1.165) is 31.4 Å². The van der Waals surface area contributed by atoms with Crippen LogP contribution in [0.1, 0.15) is 29.3 Å². The van der Waals surface area contributed by atoms with Crippen LogP contribution in [0.25, 0.3) is 0 Å². The van der Waals surface area contributed by atoms with Gasteiger partial charge in [-0.2, -0.15) is 0 Å². The van der Waals surface area contributed by atoms with Crippen molar-refractivity contribution in [3.8, 4) is 0 Å². The maximum Gasteiger partial charge on any atom is 0.255 e. The molecule has 1 fully saturated rings. The minimum atomic E-state index is -0.533. The molecule has 1 aliphatic rings. The molecule has 6 heteroatoms. The van der Waals surface area contributed by atoms with Crippen LogP contribution in [0.3, 0.4) is 0 Å². The van der Waals surface area contributed by atoms with E-state index in [1.54, 1.807) is 24.2 Å². The van der Waals surface area contributed by atoms with E-state index in [4.69, 9.17) is 0 Å². The van der Waals surface area contributed by atoms with Gasteiger partial charge in [0, 0.05) is 38.9 Å². The van der Waals surface area contributed by atoms with Crippen molar-refractivity contribution in [2.24, 2.45) is 5.92 Å². The van der Waals surface area contributed by atoms with Crippen molar-refractivity contribution >= 4 is 11.7 Å². The summed E-state index contributed by atoms with van der Waals surface area (Å²) in [5.41, 5.74) is 1.26. The Morgan fingerprint density at radius 1 is 1.27 bits per heavy atom. The van der Waals surface area contributed by atoms with E-state index < -0.39 is 11.6 Å². The summed E-state index contributed by atoms with van der Waals surface area (Å²) >= 11 is 0. The second-order valence-electron chi connectivity index (χ2n) is 6.81. The first-order valence-electron chi connectivity index (χ1n) is 8.87. The number of carbonyl (C=O) groups excluding carboxylic acids is 1. The smallest absolute Gasteiger partial charge is 0.255 e. The standard InChI is InChI=1S/C20H23F2N3O/c1-3-24(2)20(26)16-4-5-19(23-12-16)25-7-6-14(13-25)8-15-9-17(21)11-18(22)10-15/h4-5,9-12,14H,3,6-8,13H2,1-2H3. The fourth-order valence-electron chi connectivity index (χ4n) is 3.33. The van der Waals surface area contributed by atoms with Gasteiger partial charge in [0.1, 0.15) is 17.5 Å². The lowest BCUT2D eigenvalue weighted by atomic mass is 9.98. The zero-order chi connectivity index (χ0) is 18.7. The summed E-state index contributed by atoms with van der Waals surface area (Å²) in [7, 11) is 1.76. The van der Waals surface area contributed by atoms with Crippen molar-refractivity contribution in [3.63, 3.8) is 0 Å². The van der Waals surface area contributed by atoms with E-state index in [1.807, 2.05) is 13.0 Å². The number of hydrogen-bond donors (Lipinski definition) is 0. The second-order valence-corrected chi connectivity index (χ2v) is 6.81. The molecule has 1 aliphatic heterocycles. The third-order valence-corrected chi connectivity index (χ3v) is 4.87. The van der Waals surface area contributed by atoms with Crippen molar-refractivity contribution in [1.29, 1.82) is 0 Å². The first-order chi connectivity index (χ1) is 12.5. The normalized spacial score (nSPS) is 16.8. The van der Waals surface area contributed by atoms with E-state index in [-0.39, 0.29) is 5.91 Å². The molecule has 0 N–H and O–H groups in total. The van der Waals surface area contributed by atoms with Gasteiger partial charge in [-0.1, -0.05) is 0 Å². The van der Waals surface area contributed by atoms with Crippen LogP contribution in [0.5, 0.6) is 0 Å². The summed E-state index contributed by atoms with van der Waals surface area (Å²) in [4.78, 5) is 20.3. The summed E-state index contributed by atoms with van der Waals surface area (Å²) < 4.78 is 26.7. The molecular weight excluding hydrogens is 336 g/mol. The van der Waals surface area contributed by atoms with Gasteiger partial charge < -0.3 is 9.80 Å². The number of carbonyl (C=O) groups is 1. The first kappa shape index (κ1) is 18.3. The average molecular weight is 359 g/mol. The lowest BCUT2D eigenvalue weighted by Crippen LogP contribution is -2.26. The zero-order valence-electron chi connectivity index (χ0n) is 15.1. The van der Waals surface area contributed by atoms with Crippen molar-refractivity contribution in [3.05, 3.63) is 59.3 Å². The molecule has 0 radical (unpaired) electrons. The van der Waals surface area contributed by atoms with Crippen molar-refractivity contribution in [2.45, 2.75) is 19.8 Å². The van der Waals surface area contributed by atoms with E-state index in [0.29, 0.717) is 30.0 Å². The Balaban J connectivity index is 1.62. The molecular formula is C20H23F2N3O. The Labute approximate surface area is 152 Å². The van der Waals surface area contributed by atoms with Gasteiger partial charge >= 0.3 is 0 Å². The third kappa shape index (κ3) is 4.18. The number of benzene rings is 1. The molecule has 0 saturated carbocycles. The molecule has 1 saturated heterocycles. The Hall–Kier alpha value is -2.50. The van der Waals surface area contributed by atoms with E-state index in [2.05, 4.69) is 9.88 Å². The van der Waals surface area contributed by atoms with Crippen LogP contribution < -0.4 is 4.90 Å². The number of pyridine rings is 1. The number of hydrogen-bond acceptors (Lipinski definition) is 3. The van der Waals surface area contributed by atoms with E-state index >= 15 is 0 Å². The zero-order valence-corrected chi connectivity index (χ0v) is 15.1. The summed E-state index contributed by atoms with van der Waals surface area (Å²) in [6.07, 6.45) is 3.20. The number of anilines is 1. The van der Waals surface area contributed by atoms with Crippen molar-refractivity contribution < 1.29 is 13.6 Å². The second kappa shape index (κ2) is 7.81. The van der Waals surface area contributed by atoms with Crippen LogP contribution >= 0.6 is 0 Å². The number of amides is 1. The summed E-state index contributed by atoms with van der Waals surface area (Å²) in [6, 6.07) is 7.35. The SMILES string of the molecule is CCN(C)C(=O)c1ccc(N2CCC(Cc3cc(F)cc(F)c3)C2)nc1. The lowest BCUT2D eigenvalue weighted by Gasteiger charge is -2.19. The molecule has 1 aromatic carbocycles. The molecule has 26 heavy (non-hydrogen) atoms. The quantitative estimate of drug-likeness (QED) is 0.820. The number of nitrogens with zero attached hydrogens (tertiary/aromatic N) is 3. The van der Waals surface area contributed by atoms with Gasteiger partial charge in [-0.05, 0) is 55.5 Å². The monoisotopic (exact) mass is 359 g/mol. The Bertz CT molecular complexity index is 759. The fourth-order valence-corrected chi connectivity index (χ4v) is 3.33. The summed E-state index contributed by atoms with van der Waals surface area (Å²) in [6.45, 7) is 4.20. The molecule has 1 aromatic heterocycles. The Kier molecular flexibility index (Phi) is 5.49. The summed E-state index contributed by atoms with van der Waals surface area (Å²) in [5.74, 6) is 0.0424. The van der Waals surface area contributed by atoms with Crippen molar-refractivity contribution in [2.75, 3.05) is 31.6 Å². The molecule has 0 bridgehead atoms. The van der Waals surface area contributed by atoms with Crippen LogP contribution in [0, 0.1) is 17.6 Å². The van der Waals surface area contributed by atoms with E-state index in [9.17, 15) is 13.6 Å². The van der Waals surface area contributed by atoms with Gasteiger partial charge in [-0.25, -0.2) is 13.8 Å². The average Bonchev–Trinajstić information content (AvgIpc) is 3.08. The third-order valence-electron chi connectivity index (χ3n) is 4.87. The van der Waals surface area contributed by atoms with Gasteiger partial charge in [0.2, 0.25) is 0 Å². The van der Waals surface area contributed by atoms with Crippen LogP contribution in [-0.2, 0) is 6.42 Å². The van der Waals surface area contributed by atoms with Crippen LogP contribution in [0.4, 0.5) is 14.6 Å². The van der Waals surface area contributed by atoms with Gasteiger partial charge in [0.05, 0.1) is 5.56 Å². The highest BCUT2D eigenvalue weighted by molar-refractivity contribution is 5.93. The Morgan fingerprint density at radius 3 is 2.62 bits per heavy atom. The molecule has 2 aromatic rings. The first-order valence-corrected chi connectivity index (χ1v) is 8.87. The number of aromatic nitrogens is 1. The van der Waals surface area contributed by atoms with Gasteiger partial charge in [0.15, 0.2) is 0 Å². The fraction of sp³-hybridized carbons (Fsp3) is 0.400. The maximum absolute atomic E-state index is 13.3. The van der Waals surface area contributed by atoms with Crippen molar-refractivity contribution in [1.82, 2.24) is 9.88 Å². The highest BCUT2D eigenvalue weighted by Crippen LogP contribution is 2.25. The molecule has 0 aliphatic carbocycles. The topological polar surface area (TPSA) is 36.4 Å². The van der Waals surface area contributed by atoms with Crippen LogP contribution in [-0.4, -0.2) is 42.5 Å². The molecule has 0 spiro atoms. The molecule has 1 atom stereocenters. The van der Waals surface area contributed by atoms with Crippen LogP contribution in [0.2, 0.25) is 0 Å². The van der Waals surface area contributed by atoms with Gasteiger partial charge in [0.25, 0.3) is 5.91 Å². The van der Waals surface area contributed by atoms with Crippen LogP contribution in [0.15, 0.2) is 36.5 Å². The largest absolute Gasteiger partial charge is 0.356 e. The highest BCUT2D eigenvalue weighted by atomic mass is 19.1. The van der Waals surface area contributed by atoms with E-state index in [1.165, 1.54) is 12.1 Å². The van der Waals surface area contributed by atoms with Gasteiger partial charge in [-0.15, -0.1) is 0 Å².